The summed E-state index contributed by atoms with van der Waals surface area (Å²) in [5, 5.41) is 19.2. The third kappa shape index (κ3) is 7.65. The highest BCUT2D eigenvalue weighted by atomic mass is 19.4. The Bertz CT molecular complexity index is 924. The number of amides is 1. The van der Waals surface area contributed by atoms with E-state index in [0.717, 1.165) is 24.3 Å². The first-order valence-electron chi connectivity index (χ1n) is 9.21. The minimum absolute atomic E-state index is 0.144. The zero-order chi connectivity index (χ0) is 23.8. The molecule has 2 rings (SSSR count). The zero-order valence-corrected chi connectivity index (χ0v) is 17.2. The maximum atomic E-state index is 12.5. The molecule has 0 saturated carbocycles. The van der Waals surface area contributed by atoms with Crippen LogP contribution in [0.15, 0.2) is 42.5 Å². The van der Waals surface area contributed by atoms with Crippen LogP contribution in [0.25, 0.3) is 0 Å². The van der Waals surface area contributed by atoms with Gasteiger partial charge in [-0.25, -0.2) is 9.59 Å². The molecule has 10 heteroatoms. The number of nitrogens with zero attached hydrogens (tertiary/aromatic N) is 1. The van der Waals surface area contributed by atoms with E-state index in [2.05, 4.69) is 10.2 Å². The van der Waals surface area contributed by atoms with Crippen LogP contribution in [0.4, 0.5) is 24.5 Å². The summed E-state index contributed by atoms with van der Waals surface area (Å²) in [5.74, 6) is -4.04. The molecule has 0 unspecified atom stereocenters. The molecule has 0 radical (unpaired) electrons. The van der Waals surface area contributed by atoms with Crippen LogP contribution in [-0.4, -0.2) is 47.3 Å². The van der Waals surface area contributed by atoms with E-state index in [1.54, 1.807) is 24.3 Å². The van der Waals surface area contributed by atoms with Gasteiger partial charge in [-0.15, -0.1) is 0 Å². The summed E-state index contributed by atoms with van der Waals surface area (Å²) < 4.78 is 31.7. The maximum absolute atomic E-state index is 12.5. The summed E-state index contributed by atoms with van der Waals surface area (Å²) in [6.07, 6.45) is -5.08. The second-order valence-corrected chi connectivity index (χ2v) is 6.33. The Morgan fingerprint density at radius 1 is 0.935 bits per heavy atom. The number of carboxylic acids is 2. The molecule has 1 amide bonds. The van der Waals surface area contributed by atoms with E-state index in [0.29, 0.717) is 11.3 Å². The molecule has 168 valence electrons. The van der Waals surface area contributed by atoms with Crippen LogP contribution in [0.5, 0.6) is 0 Å². The number of benzene rings is 2. The molecule has 3 N–H and O–H groups in total. The lowest BCUT2D eigenvalue weighted by molar-refractivity contribution is -0.192. The van der Waals surface area contributed by atoms with E-state index in [1.165, 1.54) is 6.07 Å². The van der Waals surface area contributed by atoms with Gasteiger partial charge in [-0.1, -0.05) is 17.7 Å². The Kier molecular flexibility index (Phi) is 9.04. The van der Waals surface area contributed by atoms with Gasteiger partial charge >= 0.3 is 18.1 Å². The van der Waals surface area contributed by atoms with Crippen molar-refractivity contribution in [3.8, 4) is 0 Å². The Hall–Kier alpha value is -3.56. The number of hydrogen-bond donors (Lipinski definition) is 3. The van der Waals surface area contributed by atoms with Crippen molar-refractivity contribution in [2.45, 2.75) is 26.9 Å². The highest BCUT2D eigenvalue weighted by Crippen LogP contribution is 2.28. The summed E-state index contributed by atoms with van der Waals surface area (Å²) in [6.45, 7) is 7.50. The van der Waals surface area contributed by atoms with Crippen LogP contribution >= 0.6 is 0 Å². The molecule has 0 aromatic heterocycles. The summed E-state index contributed by atoms with van der Waals surface area (Å²) in [7, 11) is 0. The summed E-state index contributed by atoms with van der Waals surface area (Å²) in [5.41, 5.74) is 3.06. The molecule has 2 aromatic rings. The van der Waals surface area contributed by atoms with Gasteiger partial charge in [-0.05, 0) is 51.1 Å². The molecule has 0 aliphatic carbocycles. The largest absolute Gasteiger partial charge is 0.490 e. The fourth-order valence-corrected chi connectivity index (χ4v) is 2.51. The van der Waals surface area contributed by atoms with Crippen molar-refractivity contribution in [3.05, 3.63) is 59.2 Å². The first-order chi connectivity index (χ1) is 14.4. The van der Waals surface area contributed by atoms with Crippen LogP contribution in [0.1, 0.15) is 40.1 Å². The number of aryl methyl sites for hydroxylation is 1. The van der Waals surface area contributed by atoms with Gasteiger partial charge in [0, 0.05) is 18.7 Å². The molecule has 7 nitrogen and oxygen atoms in total. The molecular weight excluding hydrogens is 417 g/mol. The number of hydrogen-bond acceptors (Lipinski definition) is 4. The molecule has 0 bridgehead atoms. The minimum atomic E-state index is -5.08. The van der Waals surface area contributed by atoms with Crippen molar-refractivity contribution < 1.29 is 37.8 Å². The van der Waals surface area contributed by atoms with Gasteiger partial charge in [0.2, 0.25) is 0 Å². The van der Waals surface area contributed by atoms with Crippen molar-refractivity contribution in [2.75, 3.05) is 23.3 Å². The summed E-state index contributed by atoms with van der Waals surface area (Å²) in [6, 6.07) is 12.0. The number of alkyl halides is 3. The van der Waals surface area contributed by atoms with Gasteiger partial charge in [-0.3, -0.25) is 4.79 Å². The molecule has 0 fully saturated rings. The number of carboxylic acid groups (broad SMARTS) is 2. The zero-order valence-electron chi connectivity index (χ0n) is 17.2. The van der Waals surface area contributed by atoms with E-state index in [-0.39, 0.29) is 11.5 Å². The number of halogens is 3. The number of rotatable bonds is 6. The average Bonchev–Trinajstić information content (AvgIpc) is 2.70. The molecule has 0 heterocycles. The Labute approximate surface area is 177 Å². The highest BCUT2D eigenvalue weighted by molar-refractivity contribution is 6.06. The van der Waals surface area contributed by atoms with Crippen molar-refractivity contribution in [1.82, 2.24) is 0 Å². The first kappa shape index (κ1) is 25.5. The Morgan fingerprint density at radius 2 is 1.42 bits per heavy atom. The Morgan fingerprint density at radius 3 is 1.84 bits per heavy atom. The molecule has 2 aromatic carbocycles. The summed E-state index contributed by atoms with van der Waals surface area (Å²) in [4.78, 5) is 34.7. The Balaban J connectivity index is 0.000000592. The smallest absolute Gasteiger partial charge is 0.478 e. The average molecular weight is 440 g/mol. The minimum Gasteiger partial charge on any atom is -0.478 e. The van der Waals surface area contributed by atoms with Crippen LogP contribution in [0.3, 0.4) is 0 Å². The van der Waals surface area contributed by atoms with E-state index in [4.69, 9.17) is 9.90 Å². The SMILES string of the molecule is CCN(CC)c1ccc(C(=O)O)cc1NC(=O)c1ccc(C)cc1.O=C(O)C(F)(F)F. The van der Waals surface area contributed by atoms with Gasteiger partial charge in [0.15, 0.2) is 0 Å². The quantitative estimate of drug-likeness (QED) is 0.614. The lowest BCUT2D eigenvalue weighted by atomic mass is 10.1. The molecule has 0 atom stereocenters. The van der Waals surface area contributed by atoms with Crippen molar-refractivity contribution >= 4 is 29.2 Å². The van der Waals surface area contributed by atoms with Gasteiger partial charge in [0.25, 0.3) is 5.91 Å². The fraction of sp³-hybridized carbons (Fsp3) is 0.286. The normalized spacial score (nSPS) is 10.5. The maximum Gasteiger partial charge on any atom is 0.490 e. The molecule has 0 aliphatic rings. The molecule has 0 aliphatic heterocycles. The third-order valence-corrected chi connectivity index (χ3v) is 4.15. The fourth-order valence-electron chi connectivity index (χ4n) is 2.51. The molecule has 31 heavy (non-hydrogen) atoms. The number of aromatic carboxylic acids is 1. The number of aliphatic carboxylic acids is 1. The number of nitrogens with one attached hydrogen (secondary N) is 1. The van der Waals surface area contributed by atoms with Crippen molar-refractivity contribution in [2.24, 2.45) is 0 Å². The van der Waals surface area contributed by atoms with Crippen LogP contribution in [0.2, 0.25) is 0 Å². The molecule has 0 spiro atoms. The third-order valence-electron chi connectivity index (χ3n) is 4.15. The lowest BCUT2D eigenvalue weighted by Crippen LogP contribution is -2.24. The predicted octanol–water partition coefficient (Wildman–Crippen LogP) is 4.43. The van der Waals surface area contributed by atoms with Gasteiger partial charge in [0.1, 0.15) is 0 Å². The van der Waals surface area contributed by atoms with Crippen LogP contribution in [0, 0.1) is 6.92 Å². The monoisotopic (exact) mass is 440 g/mol. The molecular formula is C21H23F3N2O5. The van der Waals surface area contributed by atoms with Gasteiger partial charge in [-0.2, -0.15) is 13.2 Å². The highest BCUT2D eigenvalue weighted by Gasteiger charge is 2.38. The first-order valence-corrected chi connectivity index (χ1v) is 9.21. The number of carbonyl (C=O) groups excluding carboxylic acids is 1. The van der Waals surface area contributed by atoms with Crippen molar-refractivity contribution in [1.29, 1.82) is 0 Å². The van der Waals surface area contributed by atoms with Gasteiger partial charge < -0.3 is 20.4 Å². The van der Waals surface area contributed by atoms with Gasteiger partial charge in [0.05, 0.1) is 16.9 Å². The van der Waals surface area contributed by atoms with E-state index < -0.39 is 18.1 Å². The van der Waals surface area contributed by atoms with E-state index in [1.807, 2.05) is 32.9 Å². The van der Waals surface area contributed by atoms with Crippen molar-refractivity contribution in [3.63, 3.8) is 0 Å². The lowest BCUT2D eigenvalue weighted by Gasteiger charge is -2.24. The topological polar surface area (TPSA) is 107 Å². The second-order valence-electron chi connectivity index (χ2n) is 6.33. The second kappa shape index (κ2) is 11.0. The van der Waals surface area contributed by atoms with E-state index in [9.17, 15) is 27.9 Å². The van der Waals surface area contributed by atoms with Crippen LogP contribution < -0.4 is 10.2 Å². The summed E-state index contributed by atoms with van der Waals surface area (Å²) >= 11 is 0. The number of carbonyl (C=O) groups is 3. The number of anilines is 2. The molecule has 0 saturated heterocycles. The predicted molar refractivity (Wildman–Crippen MR) is 110 cm³/mol. The van der Waals surface area contributed by atoms with E-state index >= 15 is 0 Å². The van der Waals surface area contributed by atoms with Crippen LogP contribution in [-0.2, 0) is 4.79 Å². The standard InChI is InChI=1S/C19H22N2O3.C2HF3O2/c1-4-21(5-2)17-11-10-15(19(23)24)12-16(17)20-18(22)14-8-6-13(3)7-9-14;3-2(4,5)1(6)7/h6-12H,4-5H2,1-3H3,(H,20,22)(H,23,24);(H,6,7).